The highest BCUT2D eigenvalue weighted by Gasteiger charge is 2.03. The summed E-state index contributed by atoms with van der Waals surface area (Å²) in [6, 6.07) is 8.06. The zero-order valence-corrected chi connectivity index (χ0v) is 10.6. The van der Waals surface area contributed by atoms with E-state index in [-0.39, 0.29) is 0 Å². The number of nitrogens with zero attached hydrogens (tertiary/aromatic N) is 2. The van der Waals surface area contributed by atoms with E-state index in [1.807, 2.05) is 31.3 Å². The first-order valence-corrected chi connectivity index (χ1v) is 5.91. The molecule has 3 nitrogen and oxygen atoms in total. The number of ether oxygens (including phenoxy) is 1. The van der Waals surface area contributed by atoms with Crippen LogP contribution in [0.4, 0.5) is 0 Å². The van der Waals surface area contributed by atoms with Crippen molar-refractivity contribution in [1.29, 1.82) is 0 Å². The van der Waals surface area contributed by atoms with Gasteiger partial charge in [-0.1, -0.05) is 12.1 Å². The molecular weight excluding hydrogens is 212 g/mol. The number of aromatic nitrogens is 2. The molecule has 0 spiro atoms. The third-order valence-electron chi connectivity index (χ3n) is 2.74. The van der Waals surface area contributed by atoms with Gasteiger partial charge in [0, 0.05) is 12.7 Å². The van der Waals surface area contributed by atoms with Crippen LogP contribution in [0.15, 0.2) is 30.5 Å². The summed E-state index contributed by atoms with van der Waals surface area (Å²) in [5, 5.41) is 0. The van der Waals surface area contributed by atoms with Gasteiger partial charge in [0.15, 0.2) is 0 Å². The summed E-state index contributed by atoms with van der Waals surface area (Å²) in [6.45, 7) is 7.66. The van der Waals surface area contributed by atoms with Crippen LogP contribution < -0.4 is 4.74 Å². The van der Waals surface area contributed by atoms with Crippen LogP contribution in [0.1, 0.15) is 24.0 Å². The Balaban J connectivity index is 2.02. The van der Waals surface area contributed by atoms with E-state index in [1.165, 1.54) is 5.56 Å². The number of aryl methyl sites for hydroxylation is 3. The summed E-state index contributed by atoms with van der Waals surface area (Å²) in [4.78, 5) is 4.46. The minimum atomic E-state index is 0.525. The molecule has 90 valence electrons. The molecule has 1 heterocycles. The average Bonchev–Trinajstić information content (AvgIpc) is 2.67. The van der Waals surface area contributed by atoms with Crippen LogP contribution in [-0.2, 0) is 13.2 Å². The number of rotatable bonds is 4. The zero-order valence-electron chi connectivity index (χ0n) is 10.6. The van der Waals surface area contributed by atoms with Crippen molar-refractivity contribution in [3.63, 3.8) is 0 Å². The highest BCUT2D eigenvalue weighted by molar-refractivity contribution is 5.27. The topological polar surface area (TPSA) is 27.1 Å². The van der Waals surface area contributed by atoms with Crippen molar-refractivity contribution in [1.82, 2.24) is 9.55 Å². The highest BCUT2D eigenvalue weighted by Crippen LogP contribution is 2.14. The Kier molecular flexibility index (Phi) is 3.47. The molecule has 0 fully saturated rings. The molecule has 0 radical (unpaired) electrons. The first-order chi connectivity index (χ1) is 8.19. The standard InChI is InChI=1S/C14H18N2O/c1-4-16-9-13(15-12(16)3)10-17-14-7-5-6-11(2)8-14/h5-9H,4,10H2,1-3H3. The molecule has 0 aliphatic heterocycles. The predicted octanol–water partition coefficient (Wildman–Crippen LogP) is 3.10. The third kappa shape index (κ3) is 2.87. The predicted molar refractivity (Wildman–Crippen MR) is 68.1 cm³/mol. The van der Waals surface area contributed by atoms with Gasteiger partial charge in [0.1, 0.15) is 18.2 Å². The molecule has 0 aliphatic rings. The second-order valence-corrected chi connectivity index (χ2v) is 4.17. The molecule has 1 aromatic carbocycles. The lowest BCUT2D eigenvalue weighted by Crippen LogP contribution is -1.96. The minimum absolute atomic E-state index is 0.525. The van der Waals surface area contributed by atoms with Crippen molar-refractivity contribution in [2.24, 2.45) is 0 Å². The van der Waals surface area contributed by atoms with E-state index in [2.05, 4.69) is 29.5 Å². The van der Waals surface area contributed by atoms with Gasteiger partial charge in [0.25, 0.3) is 0 Å². The van der Waals surface area contributed by atoms with Crippen LogP contribution in [0.5, 0.6) is 5.75 Å². The maximum Gasteiger partial charge on any atom is 0.132 e. The van der Waals surface area contributed by atoms with Gasteiger partial charge in [0.05, 0.1) is 5.69 Å². The van der Waals surface area contributed by atoms with Crippen LogP contribution in [0.25, 0.3) is 0 Å². The van der Waals surface area contributed by atoms with Crippen molar-refractivity contribution in [3.8, 4) is 5.75 Å². The largest absolute Gasteiger partial charge is 0.487 e. The van der Waals surface area contributed by atoms with Crippen molar-refractivity contribution in [2.45, 2.75) is 33.9 Å². The minimum Gasteiger partial charge on any atom is -0.487 e. The third-order valence-corrected chi connectivity index (χ3v) is 2.74. The van der Waals surface area contributed by atoms with Gasteiger partial charge >= 0.3 is 0 Å². The van der Waals surface area contributed by atoms with Crippen LogP contribution >= 0.6 is 0 Å². The van der Waals surface area contributed by atoms with Gasteiger partial charge in [-0.05, 0) is 38.5 Å². The molecule has 0 atom stereocenters. The second-order valence-electron chi connectivity index (χ2n) is 4.17. The summed E-state index contributed by atoms with van der Waals surface area (Å²) >= 11 is 0. The molecule has 0 N–H and O–H groups in total. The summed E-state index contributed by atoms with van der Waals surface area (Å²) in [6.07, 6.45) is 2.05. The van der Waals surface area contributed by atoms with E-state index in [4.69, 9.17) is 4.74 Å². The van der Waals surface area contributed by atoms with Gasteiger partial charge in [-0.25, -0.2) is 4.98 Å². The summed E-state index contributed by atoms with van der Waals surface area (Å²) in [7, 11) is 0. The Morgan fingerprint density at radius 3 is 2.76 bits per heavy atom. The fourth-order valence-corrected chi connectivity index (χ4v) is 1.83. The molecule has 0 aliphatic carbocycles. The normalized spacial score (nSPS) is 10.5. The maximum atomic E-state index is 5.71. The fraction of sp³-hybridized carbons (Fsp3) is 0.357. The summed E-state index contributed by atoms with van der Waals surface area (Å²) in [5.41, 5.74) is 2.18. The number of benzene rings is 1. The highest BCUT2D eigenvalue weighted by atomic mass is 16.5. The van der Waals surface area contributed by atoms with Crippen molar-refractivity contribution in [3.05, 3.63) is 47.5 Å². The lowest BCUT2D eigenvalue weighted by molar-refractivity contribution is 0.301. The smallest absolute Gasteiger partial charge is 0.132 e. The van der Waals surface area contributed by atoms with Gasteiger partial charge in [0.2, 0.25) is 0 Å². The molecule has 1 aromatic heterocycles. The number of hydrogen-bond acceptors (Lipinski definition) is 2. The molecule has 2 aromatic rings. The molecule has 0 bridgehead atoms. The lowest BCUT2D eigenvalue weighted by Gasteiger charge is -2.04. The van der Waals surface area contributed by atoms with Gasteiger partial charge < -0.3 is 9.30 Å². The van der Waals surface area contributed by atoms with Gasteiger partial charge in [-0.3, -0.25) is 0 Å². The van der Waals surface area contributed by atoms with Gasteiger partial charge in [-0.15, -0.1) is 0 Å². The van der Waals surface area contributed by atoms with Crippen LogP contribution in [0.3, 0.4) is 0 Å². The van der Waals surface area contributed by atoms with Crippen molar-refractivity contribution < 1.29 is 4.74 Å². The Morgan fingerprint density at radius 2 is 2.12 bits per heavy atom. The van der Waals surface area contributed by atoms with E-state index in [0.29, 0.717) is 6.61 Å². The zero-order chi connectivity index (χ0) is 12.3. The van der Waals surface area contributed by atoms with E-state index in [9.17, 15) is 0 Å². The Hall–Kier alpha value is -1.77. The van der Waals surface area contributed by atoms with Gasteiger partial charge in [-0.2, -0.15) is 0 Å². The molecule has 0 amide bonds. The molecule has 17 heavy (non-hydrogen) atoms. The van der Waals surface area contributed by atoms with E-state index >= 15 is 0 Å². The molecule has 0 saturated heterocycles. The van der Waals surface area contributed by atoms with Crippen molar-refractivity contribution in [2.75, 3.05) is 0 Å². The molecule has 2 rings (SSSR count). The first kappa shape index (κ1) is 11.7. The lowest BCUT2D eigenvalue weighted by atomic mass is 10.2. The molecule has 3 heteroatoms. The Labute approximate surface area is 102 Å². The van der Waals surface area contributed by atoms with E-state index in [1.54, 1.807) is 0 Å². The fourth-order valence-electron chi connectivity index (χ4n) is 1.83. The maximum absolute atomic E-state index is 5.71. The van der Waals surface area contributed by atoms with Crippen molar-refractivity contribution >= 4 is 0 Å². The Bertz CT molecular complexity index is 503. The number of imidazole rings is 1. The van der Waals surface area contributed by atoms with E-state index in [0.717, 1.165) is 23.8 Å². The summed E-state index contributed by atoms with van der Waals surface area (Å²) in [5.74, 6) is 1.93. The van der Waals surface area contributed by atoms with Crippen LogP contribution in [0, 0.1) is 13.8 Å². The molecular formula is C14H18N2O. The Morgan fingerprint density at radius 1 is 1.29 bits per heavy atom. The van der Waals surface area contributed by atoms with E-state index < -0.39 is 0 Å². The second kappa shape index (κ2) is 5.04. The first-order valence-electron chi connectivity index (χ1n) is 5.91. The molecule has 0 unspecified atom stereocenters. The monoisotopic (exact) mass is 230 g/mol. The molecule has 0 saturated carbocycles. The quantitative estimate of drug-likeness (QED) is 0.807. The summed E-state index contributed by atoms with van der Waals surface area (Å²) < 4.78 is 7.83. The number of hydrogen-bond donors (Lipinski definition) is 0. The average molecular weight is 230 g/mol. The van der Waals surface area contributed by atoms with Crippen LogP contribution in [-0.4, -0.2) is 9.55 Å². The SMILES string of the molecule is CCn1cc(COc2cccc(C)c2)nc1C. The van der Waals surface area contributed by atoms with Crippen LogP contribution in [0.2, 0.25) is 0 Å².